The molecule has 61 heavy (non-hydrogen) atoms. The molecule has 0 saturated carbocycles. The van der Waals surface area contributed by atoms with E-state index in [1.165, 1.54) is 83.5 Å². The summed E-state index contributed by atoms with van der Waals surface area (Å²) in [6.45, 7) is 4.41. The summed E-state index contributed by atoms with van der Waals surface area (Å²) in [6, 6.07) is 0. The third-order valence-electron chi connectivity index (χ3n) is 10.9. The van der Waals surface area contributed by atoms with Gasteiger partial charge in [-0.1, -0.05) is 189 Å². The predicted octanol–water partition coefficient (Wildman–Crippen LogP) is 11.6. The monoisotopic (exact) mass is 859 g/mol. The first-order valence-corrected chi connectivity index (χ1v) is 24.5. The lowest BCUT2D eigenvalue weighted by Gasteiger charge is -2.39. The Labute approximate surface area is 372 Å². The van der Waals surface area contributed by atoms with Crippen LogP contribution >= 0.6 is 0 Å². The van der Waals surface area contributed by atoms with Gasteiger partial charge in [-0.05, 0) is 64.2 Å². The molecule has 0 aromatic carbocycles. The van der Waals surface area contributed by atoms with Crippen LogP contribution < -0.4 is 0 Å². The number of ether oxygens (including phenoxy) is 4. The first-order valence-electron chi connectivity index (χ1n) is 24.5. The smallest absolute Gasteiger partial charge is 0.306 e. The number of aliphatic hydroxyl groups excluding tert-OH is 4. The van der Waals surface area contributed by atoms with E-state index in [2.05, 4.69) is 86.8 Å². The molecule has 0 bridgehead atoms. The van der Waals surface area contributed by atoms with E-state index in [4.69, 9.17) is 18.9 Å². The molecule has 6 unspecified atom stereocenters. The van der Waals surface area contributed by atoms with Crippen molar-refractivity contribution < 1.29 is 44.2 Å². The summed E-state index contributed by atoms with van der Waals surface area (Å²) >= 11 is 0. The number of aliphatic hydroxyl groups is 4. The Morgan fingerprint density at radius 3 is 1.51 bits per heavy atom. The van der Waals surface area contributed by atoms with Gasteiger partial charge in [0.2, 0.25) is 0 Å². The number of carbonyl (C=O) groups is 1. The van der Waals surface area contributed by atoms with Gasteiger partial charge in [-0.25, -0.2) is 0 Å². The largest absolute Gasteiger partial charge is 0.457 e. The van der Waals surface area contributed by atoms with Crippen LogP contribution in [-0.2, 0) is 23.7 Å². The highest BCUT2D eigenvalue weighted by atomic mass is 16.7. The van der Waals surface area contributed by atoms with E-state index < -0.39 is 43.4 Å². The van der Waals surface area contributed by atoms with Gasteiger partial charge in [0.1, 0.15) is 30.5 Å². The van der Waals surface area contributed by atoms with Gasteiger partial charge >= 0.3 is 5.97 Å². The summed E-state index contributed by atoms with van der Waals surface area (Å²) < 4.78 is 22.8. The molecule has 9 heteroatoms. The minimum Gasteiger partial charge on any atom is -0.457 e. The lowest BCUT2D eigenvalue weighted by molar-refractivity contribution is -0.305. The van der Waals surface area contributed by atoms with Gasteiger partial charge in [0.05, 0.1) is 19.8 Å². The fraction of sp³-hybridized carbons (Fsp3) is 0.750. The van der Waals surface area contributed by atoms with E-state index >= 15 is 0 Å². The van der Waals surface area contributed by atoms with Gasteiger partial charge in [-0.3, -0.25) is 4.79 Å². The van der Waals surface area contributed by atoms with E-state index in [0.717, 1.165) is 83.5 Å². The van der Waals surface area contributed by atoms with Crippen LogP contribution in [0.1, 0.15) is 187 Å². The maximum Gasteiger partial charge on any atom is 0.306 e. The van der Waals surface area contributed by atoms with Crippen LogP contribution in [0, 0.1) is 0 Å². The third kappa shape index (κ3) is 33.8. The molecule has 0 aromatic heterocycles. The zero-order valence-corrected chi connectivity index (χ0v) is 38.6. The first-order chi connectivity index (χ1) is 29.9. The third-order valence-corrected chi connectivity index (χ3v) is 10.9. The fourth-order valence-corrected chi connectivity index (χ4v) is 7.08. The number of allylic oxidation sites excluding steroid dienone is 12. The van der Waals surface area contributed by atoms with Crippen LogP contribution in [0.2, 0.25) is 0 Å². The number of esters is 1. The van der Waals surface area contributed by atoms with Crippen LogP contribution in [0.25, 0.3) is 0 Å². The van der Waals surface area contributed by atoms with Gasteiger partial charge < -0.3 is 39.4 Å². The molecule has 1 aliphatic heterocycles. The second kappa shape index (κ2) is 42.9. The molecule has 0 aromatic rings. The fourth-order valence-electron chi connectivity index (χ4n) is 7.08. The van der Waals surface area contributed by atoms with E-state index in [0.29, 0.717) is 13.0 Å². The summed E-state index contributed by atoms with van der Waals surface area (Å²) in [5, 5.41) is 40.2. The Hall–Kier alpha value is -2.37. The molecule has 1 aliphatic rings. The average Bonchev–Trinajstić information content (AvgIpc) is 3.26. The van der Waals surface area contributed by atoms with Crippen LogP contribution in [-0.4, -0.2) is 89.6 Å². The molecule has 1 saturated heterocycles. The molecule has 0 aliphatic carbocycles. The topological polar surface area (TPSA) is 135 Å². The van der Waals surface area contributed by atoms with Crippen LogP contribution in [0.15, 0.2) is 72.9 Å². The zero-order valence-electron chi connectivity index (χ0n) is 38.6. The van der Waals surface area contributed by atoms with Crippen molar-refractivity contribution in [1.82, 2.24) is 0 Å². The van der Waals surface area contributed by atoms with Gasteiger partial charge in [-0.15, -0.1) is 0 Å². The van der Waals surface area contributed by atoms with Crippen molar-refractivity contribution in [2.24, 2.45) is 0 Å². The van der Waals surface area contributed by atoms with Crippen molar-refractivity contribution >= 4 is 5.97 Å². The number of unbranched alkanes of at least 4 members (excludes halogenated alkanes) is 18. The van der Waals surface area contributed by atoms with E-state index in [9.17, 15) is 25.2 Å². The van der Waals surface area contributed by atoms with Crippen LogP contribution in [0.3, 0.4) is 0 Å². The molecule has 0 radical (unpaired) electrons. The predicted molar refractivity (Wildman–Crippen MR) is 251 cm³/mol. The van der Waals surface area contributed by atoms with Crippen molar-refractivity contribution in [2.45, 2.75) is 224 Å². The summed E-state index contributed by atoms with van der Waals surface area (Å²) in [6.07, 6.45) is 49.3. The van der Waals surface area contributed by atoms with Crippen molar-refractivity contribution in [2.75, 3.05) is 26.4 Å². The lowest BCUT2D eigenvalue weighted by atomic mass is 9.99. The molecular weight excluding hydrogens is 769 g/mol. The summed E-state index contributed by atoms with van der Waals surface area (Å²) in [5.74, 6) is -0.320. The second-order valence-electron chi connectivity index (χ2n) is 16.5. The Kier molecular flexibility index (Phi) is 39.8. The Bertz CT molecular complexity index is 1160. The number of hydrogen-bond acceptors (Lipinski definition) is 9. The lowest BCUT2D eigenvalue weighted by Crippen LogP contribution is -2.59. The summed E-state index contributed by atoms with van der Waals surface area (Å²) in [4.78, 5) is 12.8. The Morgan fingerprint density at radius 1 is 0.541 bits per heavy atom. The zero-order chi connectivity index (χ0) is 44.3. The Balaban J connectivity index is 2.20. The first kappa shape index (κ1) is 56.6. The quantitative estimate of drug-likeness (QED) is 0.0269. The molecule has 1 rings (SSSR count). The van der Waals surface area contributed by atoms with Gasteiger partial charge in [-0.2, -0.15) is 0 Å². The molecule has 9 nitrogen and oxygen atoms in total. The highest BCUT2D eigenvalue weighted by Gasteiger charge is 2.44. The number of hydrogen-bond donors (Lipinski definition) is 4. The molecule has 6 atom stereocenters. The van der Waals surface area contributed by atoms with Crippen molar-refractivity contribution in [1.29, 1.82) is 0 Å². The SMILES string of the molecule is CC/C=C\C/C=C\C/C=C\C/C=C\C/C=C\C/C=C\CCCCCCCCCOCC(COC1OC(CO)C(O)C(O)C1O)OC(=O)CCCCCCCCCCCCCC. The summed E-state index contributed by atoms with van der Waals surface area (Å²) in [7, 11) is 0. The molecule has 4 N–H and O–H groups in total. The molecule has 0 spiro atoms. The molecular formula is C52H90O9. The Morgan fingerprint density at radius 2 is 1.00 bits per heavy atom. The van der Waals surface area contributed by atoms with E-state index in [1.807, 2.05) is 0 Å². The van der Waals surface area contributed by atoms with E-state index in [1.54, 1.807) is 0 Å². The van der Waals surface area contributed by atoms with Gasteiger partial charge in [0.25, 0.3) is 0 Å². The highest BCUT2D eigenvalue weighted by molar-refractivity contribution is 5.69. The standard InChI is InChI=1S/C52H90O9/c1-3-5-7-9-11-13-15-17-18-19-20-21-22-23-24-25-26-27-28-29-30-32-34-36-38-40-42-58-44-46(45-59-52-51(57)50(56)49(55)47(43-53)61-52)60-48(54)41-39-37-35-33-31-16-14-12-10-8-6-4-2/h5,7,11,13,17-18,20-21,23-24,26-27,46-47,49-53,55-57H,3-4,6,8-10,12,14-16,19,22,25,28-45H2,1-2H3/b7-5-,13-11-,18-17-,21-20-,24-23-,27-26-. The van der Waals surface area contributed by atoms with Crippen LogP contribution in [0.4, 0.5) is 0 Å². The molecule has 0 amide bonds. The van der Waals surface area contributed by atoms with Gasteiger partial charge in [0.15, 0.2) is 6.29 Å². The highest BCUT2D eigenvalue weighted by Crippen LogP contribution is 2.22. The van der Waals surface area contributed by atoms with Crippen molar-refractivity contribution in [3.63, 3.8) is 0 Å². The average molecular weight is 859 g/mol. The van der Waals surface area contributed by atoms with Crippen molar-refractivity contribution in [3.8, 4) is 0 Å². The maximum atomic E-state index is 12.8. The minimum absolute atomic E-state index is 0.120. The number of carbonyl (C=O) groups excluding carboxylic acids is 1. The number of rotatable bonds is 41. The van der Waals surface area contributed by atoms with E-state index in [-0.39, 0.29) is 19.2 Å². The molecule has 1 heterocycles. The minimum atomic E-state index is -1.54. The second-order valence-corrected chi connectivity index (χ2v) is 16.5. The molecule has 352 valence electrons. The maximum absolute atomic E-state index is 12.8. The summed E-state index contributed by atoms with van der Waals surface area (Å²) in [5.41, 5.74) is 0. The van der Waals surface area contributed by atoms with Gasteiger partial charge in [0, 0.05) is 13.0 Å². The normalized spacial score (nSPS) is 20.5. The van der Waals surface area contributed by atoms with Crippen LogP contribution in [0.5, 0.6) is 0 Å². The van der Waals surface area contributed by atoms with Crippen molar-refractivity contribution in [3.05, 3.63) is 72.9 Å². The molecule has 1 fully saturated rings.